The Bertz CT molecular complexity index is 513. The lowest BCUT2D eigenvalue weighted by atomic mass is 9.72. The summed E-state index contributed by atoms with van der Waals surface area (Å²) in [5, 5.41) is 2.53. The molecule has 1 aliphatic carbocycles. The van der Waals surface area contributed by atoms with Crippen LogP contribution in [0.15, 0.2) is 18.2 Å². The molecule has 3 heteroatoms. The largest absolute Gasteiger partial charge is 0.292 e. The number of imide groups is 1. The molecule has 0 unspecified atom stereocenters. The van der Waals surface area contributed by atoms with Gasteiger partial charge in [0.05, 0.1) is 5.41 Å². The number of fused-ring (bicyclic) bond motifs is 2. The minimum atomic E-state index is -0.435. The van der Waals surface area contributed by atoms with Crippen molar-refractivity contribution in [2.45, 2.75) is 38.0 Å². The van der Waals surface area contributed by atoms with Crippen molar-refractivity contribution in [3.8, 4) is 0 Å². The molecule has 1 fully saturated rings. The zero-order chi connectivity index (χ0) is 12.0. The fourth-order valence-electron chi connectivity index (χ4n) is 3.25. The van der Waals surface area contributed by atoms with E-state index in [1.54, 1.807) is 0 Å². The number of nitrogens with one attached hydrogen (secondary N) is 1. The molecule has 2 amide bonds. The minimum Gasteiger partial charge on any atom is -0.292 e. The Morgan fingerprint density at radius 1 is 1.18 bits per heavy atom. The number of hydrogen-bond donors (Lipinski definition) is 1. The first kappa shape index (κ1) is 10.5. The van der Waals surface area contributed by atoms with Crippen molar-refractivity contribution in [2.75, 3.05) is 0 Å². The van der Waals surface area contributed by atoms with Crippen molar-refractivity contribution in [3.05, 3.63) is 34.9 Å². The van der Waals surface area contributed by atoms with E-state index in [1.807, 2.05) is 25.1 Å². The van der Waals surface area contributed by atoms with Crippen molar-refractivity contribution < 1.29 is 9.59 Å². The molecule has 1 aromatic carbocycles. The summed E-state index contributed by atoms with van der Waals surface area (Å²) in [7, 11) is 0. The molecule has 1 aliphatic heterocycles. The number of carbonyl (C=O) groups excluding carboxylic acids is 2. The second kappa shape index (κ2) is 3.42. The van der Waals surface area contributed by atoms with Crippen LogP contribution in [0.2, 0.25) is 0 Å². The first-order valence-electron chi connectivity index (χ1n) is 6.11. The molecular weight excluding hydrogens is 214 g/mol. The molecular formula is C14H15NO2. The van der Waals surface area contributed by atoms with Crippen LogP contribution in [0.25, 0.3) is 0 Å². The Hall–Kier alpha value is -1.64. The standard InChI is InChI=1S/C14H15NO2/c1-9-5-4-6-10-11(9)12(16)15-13(17)14(10)7-2-3-8-14/h4-6H,2-3,7-8H2,1H3,(H,15,16,17). The van der Waals surface area contributed by atoms with Gasteiger partial charge in [-0.05, 0) is 30.9 Å². The van der Waals surface area contributed by atoms with Crippen LogP contribution >= 0.6 is 0 Å². The first-order chi connectivity index (χ1) is 8.15. The van der Waals surface area contributed by atoms with Gasteiger partial charge in [0.2, 0.25) is 5.91 Å². The number of benzene rings is 1. The van der Waals surface area contributed by atoms with E-state index in [-0.39, 0.29) is 11.8 Å². The molecule has 1 saturated carbocycles. The van der Waals surface area contributed by atoms with Crippen LogP contribution in [0.5, 0.6) is 0 Å². The lowest BCUT2D eigenvalue weighted by Gasteiger charge is -2.34. The number of carbonyl (C=O) groups is 2. The van der Waals surface area contributed by atoms with Gasteiger partial charge in [0.15, 0.2) is 0 Å². The molecule has 88 valence electrons. The second-order valence-corrected chi connectivity index (χ2v) is 5.07. The first-order valence-corrected chi connectivity index (χ1v) is 6.11. The normalized spacial score (nSPS) is 21.5. The zero-order valence-electron chi connectivity index (χ0n) is 9.88. The Kier molecular flexibility index (Phi) is 2.12. The van der Waals surface area contributed by atoms with Gasteiger partial charge in [0, 0.05) is 5.56 Å². The van der Waals surface area contributed by atoms with E-state index in [0.717, 1.165) is 36.8 Å². The Morgan fingerprint density at radius 2 is 1.88 bits per heavy atom. The van der Waals surface area contributed by atoms with Gasteiger partial charge in [-0.3, -0.25) is 14.9 Å². The summed E-state index contributed by atoms with van der Waals surface area (Å²) in [6, 6.07) is 5.82. The molecule has 1 spiro atoms. The minimum absolute atomic E-state index is 0.0990. The summed E-state index contributed by atoms with van der Waals surface area (Å²) >= 11 is 0. The van der Waals surface area contributed by atoms with Gasteiger partial charge in [-0.2, -0.15) is 0 Å². The van der Waals surface area contributed by atoms with Crippen LogP contribution in [-0.4, -0.2) is 11.8 Å². The van der Waals surface area contributed by atoms with Gasteiger partial charge in [0.1, 0.15) is 0 Å². The van der Waals surface area contributed by atoms with E-state index in [0.29, 0.717) is 5.56 Å². The Balaban J connectivity index is 2.27. The number of hydrogen-bond acceptors (Lipinski definition) is 2. The number of rotatable bonds is 0. The van der Waals surface area contributed by atoms with Crippen molar-refractivity contribution >= 4 is 11.8 Å². The van der Waals surface area contributed by atoms with Crippen molar-refractivity contribution in [1.29, 1.82) is 0 Å². The zero-order valence-corrected chi connectivity index (χ0v) is 9.88. The highest BCUT2D eigenvalue weighted by atomic mass is 16.2. The molecule has 1 aromatic rings. The summed E-state index contributed by atoms with van der Waals surface area (Å²) in [5.41, 5.74) is 2.19. The highest BCUT2D eigenvalue weighted by molar-refractivity contribution is 6.14. The van der Waals surface area contributed by atoms with Crippen LogP contribution in [0, 0.1) is 6.92 Å². The van der Waals surface area contributed by atoms with Crippen molar-refractivity contribution in [2.24, 2.45) is 0 Å². The molecule has 3 rings (SSSR count). The average molecular weight is 229 g/mol. The molecule has 0 aromatic heterocycles. The molecule has 3 nitrogen and oxygen atoms in total. The molecule has 0 saturated heterocycles. The van der Waals surface area contributed by atoms with E-state index in [9.17, 15) is 9.59 Å². The monoisotopic (exact) mass is 229 g/mol. The third-order valence-corrected chi connectivity index (χ3v) is 4.13. The van der Waals surface area contributed by atoms with Gasteiger partial charge in [-0.1, -0.05) is 31.0 Å². The van der Waals surface area contributed by atoms with Crippen LogP contribution in [0.4, 0.5) is 0 Å². The van der Waals surface area contributed by atoms with Gasteiger partial charge in [-0.25, -0.2) is 0 Å². The quantitative estimate of drug-likeness (QED) is 0.692. The van der Waals surface area contributed by atoms with E-state index >= 15 is 0 Å². The SMILES string of the molecule is Cc1cccc2c1C(=O)NC(=O)C21CCCC1. The van der Waals surface area contributed by atoms with E-state index in [1.165, 1.54) is 0 Å². The summed E-state index contributed by atoms with van der Waals surface area (Å²) in [6.07, 6.45) is 3.86. The summed E-state index contributed by atoms with van der Waals surface area (Å²) in [5.74, 6) is -0.335. The topological polar surface area (TPSA) is 46.2 Å². The third-order valence-electron chi connectivity index (χ3n) is 4.13. The van der Waals surface area contributed by atoms with Gasteiger partial charge >= 0.3 is 0 Å². The van der Waals surface area contributed by atoms with Crippen LogP contribution in [0.1, 0.15) is 47.2 Å². The van der Waals surface area contributed by atoms with E-state index < -0.39 is 5.41 Å². The van der Waals surface area contributed by atoms with E-state index in [4.69, 9.17) is 0 Å². The fraction of sp³-hybridized carbons (Fsp3) is 0.429. The predicted octanol–water partition coefficient (Wildman–Crippen LogP) is 2.08. The molecule has 17 heavy (non-hydrogen) atoms. The maximum atomic E-state index is 12.2. The van der Waals surface area contributed by atoms with Crippen molar-refractivity contribution in [3.63, 3.8) is 0 Å². The predicted molar refractivity (Wildman–Crippen MR) is 63.8 cm³/mol. The maximum Gasteiger partial charge on any atom is 0.258 e. The summed E-state index contributed by atoms with van der Waals surface area (Å²) in [4.78, 5) is 24.1. The highest BCUT2D eigenvalue weighted by Gasteiger charge is 2.48. The third kappa shape index (κ3) is 1.28. The molecule has 1 heterocycles. The van der Waals surface area contributed by atoms with Gasteiger partial charge in [0.25, 0.3) is 5.91 Å². The van der Waals surface area contributed by atoms with Crippen LogP contribution < -0.4 is 5.32 Å². The van der Waals surface area contributed by atoms with Crippen LogP contribution in [-0.2, 0) is 10.2 Å². The fourth-order valence-corrected chi connectivity index (χ4v) is 3.25. The maximum absolute atomic E-state index is 12.2. The van der Waals surface area contributed by atoms with Crippen LogP contribution in [0.3, 0.4) is 0 Å². The summed E-state index contributed by atoms with van der Waals surface area (Å²) < 4.78 is 0. The average Bonchev–Trinajstić information content (AvgIpc) is 2.76. The lowest BCUT2D eigenvalue weighted by molar-refractivity contribution is -0.126. The highest BCUT2D eigenvalue weighted by Crippen LogP contribution is 2.45. The smallest absolute Gasteiger partial charge is 0.258 e. The van der Waals surface area contributed by atoms with Gasteiger partial charge in [-0.15, -0.1) is 0 Å². The van der Waals surface area contributed by atoms with E-state index in [2.05, 4.69) is 5.32 Å². The van der Waals surface area contributed by atoms with Crippen molar-refractivity contribution in [1.82, 2.24) is 5.32 Å². The Morgan fingerprint density at radius 3 is 2.59 bits per heavy atom. The number of aryl methyl sites for hydroxylation is 1. The molecule has 0 atom stereocenters. The lowest BCUT2D eigenvalue weighted by Crippen LogP contribution is -2.51. The molecule has 0 radical (unpaired) electrons. The number of amides is 2. The Labute approximate surface area is 100 Å². The second-order valence-electron chi connectivity index (χ2n) is 5.07. The molecule has 0 bridgehead atoms. The van der Waals surface area contributed by atoms with Gasteiger partial charge < -0.3 is 0 Å². The molecule has 1 N–H and O–H groups in total. The molecule has 2 aliphatic rings. The summed E-state index contributed by atoms with van der Waals surface area (Å²) in [6.45, 7) is 1.93.